The first-order valence-electron chi connectivity index (χ1n) is 9.50. The summed E-state index contributed by atoms with van der Waals surface area (Å²) in [4.78, 5) is 28.3. The number of aromatic nitrogens is 6. The van der Waals surface area contributed by atoms with Crippen LogP contribution < -0.4 is 4.90 Å². The molecule has 9 heteroatoms. The maximum atomic E-state index is 12.9. The molecule has 1 aliphatic rings. The Kier molecular flexibility index (Phi) is 4.19. The largest absolute Gasteiger partial charge is 0.352 e. The number of amides is 1. The molecule has 4 heterocycles. The van der Waals surface area contributed by atoms with Crippen molar-refractivity contribution in [3.8, 4) is 5.82 Å². The van der Waals surface area contributed by atoms with Crippen molar-refractivity contribution in [2.45, 2.75) is 6.92 Å². The summed E-state index contributed by atoms with van der Waals surface area (Å²) in [5.41, 5.74) is 2.41. The number of fused-ring (bicyclic) bond motifs is 1. The van der Waals surface area contributed by atoms with Crippen molar-refractivity contribution >= 4 is 22.8 Å². The fraction of sp³-hybridized carbons (Fsp3) is 0.250. The van der Waals surface area contributed by atoms with Gasteiger partial charge in [-0.25, -0.2) is 9.97 Å². The Bertz CT molecular complexity index is 1150. The number of rotatable bonds is 3. The Morgan fingerprint density at radius 1 is 1.00 bits per heavy atom. The third kappa shape index (κ3) is 3.20. The molecule has 0 atom stereocenters. The predicted octanol–water partition coefficient (Wildman–Crippen LogP) is 1.81. The zero-order chi connectivity index (χ0) is 19.8. The van der Waals surface area contributed by atoms with Crippen LogP contribution in [-0.2, 0) is 0 Å². The number of carbonyl (C=O) groups excluding carboxylic acids is 1. The number of aryl methyl sites for hydroxylation is 1. The molecule has 5 rings (SSSR count). The second-order valence-corrected chi connectivity index (χ2v) is 7.01. The lowest BCUT2D eigenvalue weighted by atomic mass is 10.1. The number of hydrogen-bond donors (Lipinski definition) is 1. The van der Waals surface area contributed by atoms with Gasteiger partial charge in [-0.1, -0.05) is 0 Å². The Labute approximate surface area is 167 Å². The highest BCUT2D eigenvalue weighted by atomic mass is 16.2. The van der Waals surface area contributed by atoms with Crippen molar-refractivity contribution < 1.29 is 4.79 Å². The van der Waals surface area contributed by atoms with Gasteiger partial charge in [0.1, 0.15) is 5.82 Å². The van der Waals surface area contributed by atoms with Crippen LogP contribution in [0.4, 0.5) is 5.82 Å². The van der Waals surface area contributed by atoms with Crippen LogP contribution in [0.2, 0.25) is 0 Å². The zero-order valence-corrected chi connectivity index (χ0v) is 16.0. The minimum atomic E-state index is 0.0400. The maximum Gasteiger partial charge on any atom is 0.254 e. The molecule has 1 aromatic carbocycles. The van der Waals surface area contributed by atoms with Crippen LogP contribution in [0.1, 0.15) is 16.2 Å². The molecule has 0 saturated carbocycles. The van der Waals surface area contributed by atoms with E-state index in [0.717, 1.165) is 41.6 Å². The first-order valence-corrected chi connectivity index (χ1v) is 9.50. The number of nitrogens with zero attached hydrogens (tertiary/aromatic N) is 7. The molecule has 1 N–H and O–H groups in total. The average molecular weight is 388 g/mol. The minimum Gasteiger partial charge on any atom is -0.352 e. The summed E-state index contributed by atoms with van der Waals surface area (Å²) >= 11 is 0. The monoisotopic (exact) mass is 388 g/mol. The third-order valence-electron chi connectivity index (χ3n) is 5.27. The molecule has 0 radical (unpaired) electrons. The molecule has 0 aliphatic carbocycles. The van der Waals surface area contributed by atoms with Gasteiger partial charge in [0.05, 0.1) is 17.4 Å². The number of imidazole rings is 2. The van der Waals surface area contributed by atoms with Crippen LogP contribution in [0.25, 0.3) is 16.9 Å². The van der Waals surface area contributed by atoms with E-state index in [-0.39, 0.29) is 5.91 Å². The first-order chi connectivity index (χ1) is 14.2. The Hall–Kier alpha value is -3.75. The lowest BCUT2D eigenvalue weighted by molar-refractivity contribution is 0.0746. The summed E-state index contributed by atoms with van der Waals surface area (Å²) in [7, 11) is 0. The van der Waals surface area contributed by atoms with E-state index < -0.39 is 0 Å². The molecule has 146 valence electrons. The van der Waals surface area contributed by atoms with Gasteiger partial charge >= 0.3 is 0 Å². The lowest BCUT2D eigenvalue weighted by Crippen LogP contribution is -2.49. The van der Waals surface area contributed by atoms with E-state index in [4.69, 9.17) is 0 Å². The van der Waals surface area contributed by atoms with Crippen LogP contribution in [0.3, 0.4) is 0 Å². The van der Waals surface area contributed by atoms with Crippen LogP contribution in [0.5, 0.6) is 0 Å². The smallest absolute Gasteiger partial charge is 0.254 e. The van der Waals surface area contributed by atoms with Crippen LogP contribution in [0.15, 0.2) is 49.1 Å². The van der Waals surface area contributed by atoms with Gasteiger partial charge in [-0.05, 0) is 37.3 Å². The Balaban J connectivity index is 1.25. The van der Waals surface area contributed by atoms with E-state index in [1.54, 1.807) is 12.5 Å². The average Bonchev–Trinajstić information content (AvgIpc) is 3.41. The highest BCUT2D eigenvalue weighted by molar-refractivity contribution is 5.97. The highest BCUT2D eigenvalue weighted by Gasteiger charge is 2.23. The van der Waals surface area contributed by atoms with Gasteiger partial charge in [0.2, 0.25) is 0 Å². The number of hydrogen-bond acceptors (Lipinski definition) is 6. The minimum absolute atomic E-state index is 0.0400. The first kappa shape index (κ1) is 17.4. The van der Waals surface area contributed by atoms with Gasteiger partial charge in [0, 0.05) is 44.1 Å². The summed E-state index contributed by atoms with van der Waals surface area (Å²) in [6, 6.07) is 9.47. The fourth-order valence-corrected chi connectivity index (χ4v) is 3.63. The predicted molar refractivity (Wildman–Crippen MR) is 108 cm³/mol. The second kappa shape index (κ2) is 7.01. The molecule has 0 spiro atoms. The van der Waals surface area contributed by atoms with Crippen molar-refractivity contribution in [2.24, 2.45) is 0 Å². The topological polar surface area (TPSA) is 95.8 Å². The molecule has 4 aromatic rings. The maximum absolute atomic E-state index is 12.9. The van der Waals surface area contributed by atoms with E-state index >= 15 is 0 Å². The molecular weight excluding hydrogens is 368 g/mol. The molecule has 1 amide bonds. The summed E-state index contributed by atoms with van der Waals surface area (Å²) in [5, 5.41) is 8.69. The van der Waals surface area contributed by atoms with Gasteiger partial charge in [-0.2, -0.15) is 0 Å². The number of H-pyrrole nitrogens is 1. The SMILES string of the molecule is Cc1nccn1-c1ccc(N2CCN(C(=O)c3ccc4nc[nH]c4c3)CC2)nn1. The molecule has 0 bridgehead atoms. The molecule has 3 aromatic heterocycles. The van der Waals surface area contributed by atoms with Gasteiger partial charge in [-0.15, -0.1) is 10.2 Å². The van der Waals surface area contributed by atoms with Crippen molar-refractivity contribution in [3.63, 3.8) is 0 Å². The quantitative estimate of drug-likeness (QED) is 0.575. The van der Waals surface area contributed by atoms with E-state index in [1.807, 2.05) is 52.9 Å². The summed E-state index contributed by atoms with van der Waals surface area (Å²) < 4.78 is 1.89. The van der Waals surface area contributed by atoms with Crippen molar-refractivity contribution in [2.75, 3.05) is 31.1 Å². The molecule has 0 unspecified atom stereocenters. The Morgan fingerprint density at radius 2 is 1.79 bits per heavy atom. The standard InChI is InChI=1S/C20H20N8O/c1-14-21-6-7-28(14)19-5-4-18(24-25-19)26-8-10-27(11-9-26)20(29)15-2-3-16-17(12-15)23-13-22-16/h2-7,12-13H,8-11H2,1H3,(H,22,23). The molecular formula is C20H20N8O. The number of aromatic amines is 1. The van der Waals surface area contributed by atoms with Crippen LogP contribution in [0, 0.1) is 6.92 Å². The van der Waals surface area contributed by atoms with E-state index in [2.05, 4.69) is 30.0 Å². The number of carbonyl (C=O) groups is 1. The van der Waals surface area contributed by atoms with Crippen LogP contribution in [-0.4, -0.2) is 66.7 Å². The van der Waals surface area contributed by atoms with Gasteiger partial charge < -0.3 is 14.8 Å². The lowest BCUT2D eigenvalue weighted by Gasteiger charge is -2.35. The highest BCUT2D eigenvalue weighted by Crippen LogP contribution is 2.18. The van der Waals surface area contributed by atoms with E-state index in [0.29, 0.717) is 18.7 Å². The molecule has 9 nitrogen and oxygen atoms in total. The number of anilines is 1. The normalized spacial score (nSPS) is 14.5. The van der Waals surface area contributed by atoms with E-state index in [1.165, 1.54) is 0 Å². The fourth-order valence-electron chi connectivity index (χ4n) is 3.63. The molecule has 1 fully saturated rings. The summed E-state index contributed by atoms with van der Waals surface area (Å²) in [5.74, 6) is 2.47. The molecule has 1 aliphatic heterocycles. The molecule has 1 saturated heterocycles. The van der Waals surface area contributed by atoms with Gasteiger partial charge in [0.25, 0.3) is 5.91 Å². The number of nitrogens with one attached hydrogen (secondary N) is 1. The Morgan fingerprint density at radius 3 is 2.52 bits per heavy atom. The van der Waals surface area contributed by atoms with Gasteiger partial charge in [0.15, 0.2) is 11.6 Å². The summed E-state index contributed by atoms with van der Waals surface area (Å²) in [6.07, 6.45) is 5.24. The third-order valence-corrected chi connectivity index (χ3v) is 5.27. The van der Waals surface area contributed by atoms with Gasteiger partial charge in [-0.3, -0.25) is 9.36 Å². The van der Waals surface area contributed by atoms with Crippen molar-refractivity contribution in [1.82, 2.24) is 34.6 Å². The zero-order valence-electron chi connectivity index (χ0n) is 16.0. The number of piperazine rings is 1. The van der Waals surface area contributed by atoms with Crippen LogP contribution >= 0.6 is 0 Å². The van der Waals surface area contributed by atoms with Crippen molar-refractivity contribution in [3.05, 3.63) is 60.4 Å². The second-order valence-electron chi connectivity index (χ2n) is 7.01. The number of benzene rings is 1. The summed E-state index contributed by atoms with van der Waals surface area (Å²) in [6.45, 7) is 4.65. The molecule has 29 heavy (non-hydrogen) atoms. The van der Waals surface area contributed by atoms with Crippen molar-refractivity contribution in [1.29, 1.82) is 0 Å². The van der Waals surface area contributed by atoms with E-state index in [9.17, 15) is 4.79 Å².